The summed E-state index contributed by atoms with van der Waals surface area (Å²) in [5, 5.41) is 11.5. The van der Waals surface area contributed by atoms with E-state index < -0.39 is 10.9 Å². The van der Waals surface area contributed by atoms with Crippen LogP contribution in [0.1, 0.15) is 10.4 Å². The van der Waals surface area contributed by atoms with E-state index in [9.17, 15) is 14.9 Å². The molecule has 0 unspecified atom stereocenters. The van der Waals surface area contributed by atoms with Crippen LogP contribution >= 0.6 is 0 Å². The number of fused-ring (bicyclic) bond motifs is 1. The lowest BCUT2D eigenvalue weighted by atomic mass is 10.2. The molecule has 7 heteroatoms. The van der Waals surface area contributed by atoms with Gasteiger partial charge in [0.25, 0.3) is 5.69 Å². The highest BCUT2D eigenvalue weighted by atomic mass is 16.6. The summed E-state index contributed by atoms with van der Waals surface area (Å²) in [7, 11) is 0. The van der Waals surface area contributed by atoms with E-state index in [1.807, 2.05) is 0 Å². The largest absolute Gasteiger partial charge is 0.440 e. The van der Waals surface area contributed by atoms with E-state index in [-0.39, 0.29) is 12.4 Å². The number of esters is 1. The number of rotatable bonds is 4. The Hall–Kier alpha value is -3.22. The molecule has 0 saturated heterocycles. The van der Waals surface area contributed by atoms with E-state index in [1.54, 1.807) is 41.2 Å². The van der Waals surface area contributed by atoms with Crippen molar-refractivity contribution >= 4 is 22.6 Å². The third kappa shape index (κ3) is 2.64. The molecule has 0 amide bonds. The van der Waals surface area contributed by atoms with Gasteiger partial charge in [-0.25, -0.2) is 4.79 Å². The predicted molar refractivity (Wildman–Crippen MR) is 78.2 cm³/mol. The Morgan fingerprint density at radius 3 is 2.91 bits per heavy atom. The van der Waals surface area contributed by atoms with Crippen LogP contribution in [0.5, 0.6) is 0 Å². The van der Waals surface area contributed by atoms with Gasteiger partial charge in [-0.15, -0.1) is 0 Å². The van der Waals surface area contributed by atoms with Crippen molar-refractivity contribution in [1.82, 2.24) is 9.55 Å². The average Bonchev–Trinajstić information content (AvgIpc) is 2.95. The highest BCUT2D eigenvalue weighted by molar-refractivity contribution is 5.89. The molecular formula is C15H11N3O4. The molecule has 22 heavy (non-hydrogen) atoms. The zero-order valence-corrected chi connectivity index (χ0v) is 11.4. The molecule has 0 spiro atoms. The highest BCUT2D eigenvalue weighted by Gasteiger charge is 2.11. The topological polar surface area (TPSA) is 87.3 Å². The number of hydrogen-bond donors (Lipinski definition) is 0. The summed E-state index contributed by atoms with van der Waals surface area (Å²) in [6, 6.07) is 9.54. The van der Waals surface area contributed by atoms with Gasteiger partial charge in [0, 0.05) is 36.1 Å². The van der Waals surface area contributed by atoms with Gasteiger partial charge in [-0.2, -0.15) is 0 Å². The molecule has 0 aliphatic rings. The van der Waals surface area contributed by atoms with Gasteiger partial charge < -0.3 is 9.30 Å². The van der Waals surface area contributed by atoms with Crippen LogP contribution in [0, 0.1) is 10.1 Å². The van der Waals surface area contributed by atoms with E-state index >= 15 is 0 Å². The van der Waals surface area contributed by atoms with Crippen molar-refractivity contribution < 1.29 is 14.5 Å². The second kappa shape index (κ2) is 5.65. The summed E-state index contributed by atoms with van der Waals surface area (Å²) < 4.78 is 6.91. The lowest BCUT2D eigenvalue weighted by molar-refractivity contribution is -0.384. The first-order valence-electron chi connectivity index (χ1n) is 6.45. The van der Waals surface area contributed by atoms with Gasteiger partial charge in [-0.05, 0) is 24.3 Å². The molecule has 0 aliphatic heterocycles. The number of hydrogen-bond acceptors (Lipinski definition) is 5. The number of pyridine rings is 1. The maximum absolute atomic E-state index is 11.9. The van der Waals surface area contributed by atoms with E-state index in [0.29, 0.717) is 10.9 Å². The van der Waals surface area contributed by atoms with Crippen molar-refractivity contribution in [2.24, 2.45) is 0 Å². The van der Waals surface area contributed by atoms with E-state index in [0.717, 1.165) is 5.52 Å². The molecule has 7 nitrogen and oxygen atoms in total. The molecular weight excluding hydrogens is 286 g/mol. The number of nitro benzene ring substituents is 1. The standard InChI is InChI=1S/C15H11N3O4/c19-15(12-2-1-6-16-9-12)22-10-17-7-5-11-8-13(18(20)21)3-4-14(11)17/h1-9H,10H2. The normalized spacial score (nSPS) is 10.5. The predicted octanol–water partition coefficient (Wildman–Crippen LogP) is 2.76. The van der Waals surface area contributed by atoms with Crippen molar-refractivity contribution in [2.45, 2.75) is 6.73 Å². The van der Waals surface area contributed by atoms with Crippen LogP contribution in [-0.2, 0) is 11.5 Å². The molecule has 2 heterocycles. The SMILES string of the molecule is O=C(OCn1ccc2cc([N+](=O)[O-])ccc21)c1cccnc1. The van der Waals surface area contributed by atoms with E-state index in [4.69, 9.17) is 4.74 Å². The molecule has 0 aliphatic carbocycles. The van der Waals surface area contributed by atoms with Gasteiger partial charge in [0.15, 0.2) is 6.73 Å². The monoisotopic (exact) mass is 297 g/mol. The van der Waals surface area contributed by atoms with Crippen LogP contribution in [0.25, 0.3) is 10.9 Å². The quantitative estimate of drug-likeness (QED) is 0.420. The van der Waals surface area contributed by atoms with Gasteiger partial charge in [-0.3, -0.25) is 15.1 Å². The third-order valence-corrected chi connectivity index (χ3v) is 3.20. The summed E-state index contributed by atoms with van der Waals surface area (Å²) in [6.45, 7) is 0.0229. The molecule has 2 aromatic heterocycles. The fourth-order valence-corrected chi connectivity index (χ4v) is 2.11. The molecule has 1 aromatic carbocycles. The molecule has 0 radical (unpaired) electrons. The van der Waals surface area contributed by atoms with Crippen LogP contribution in [0.2, 0.25) is 0 Å². The van der Waals surface area contributed by atoms with Gasteiger partial charge in [0.2, 0.25) is 0 Å². The number of ether oxygens (including phenoxy) is 1. The number of benzene rings is 1. The maximum Gasteiger partial charge on any atom is 0.341 e. The maximum atomic E-state index is 11.9. The van der Waals surface area contributed by atoms with Gasteiger partial charge in [0.05, 0.1) is 16.0 Å². The van der Waals surface area contributed by atoms with Crippen LogP contribution in [0.4, 0.5) is 5.69 Å². The Morgan fingerprint density at radius 2 is 2.18 bits per heavy atom. The summed E-state index contributed by atoms with van der Waals surface area (Å²) in [4.78, 5) is 26.0. The van der Waals surface area contributed by atoms with E-state index in [1.165, 1.54) is 18.3 Å². The minimum atomic E-state index is -0.475. The Bertz CT molecular complexity index is 842. The lowest BCUT2D eigenvalue weighted by Crippen LogP contribution is -2.09. The minimum absolute atomic E-state index is 0.0229. The zero-order chi connectivity index (χ0) is 15.5. The van der Waals surface area contributed by atoms with Gasteiger partial charge in [-0.1, -0.05) is 0 Å². The van der Waals surface area contributed by atoms with Crippen molar-refractivity contribution in [1.29, 1.82) is 0 Å². The molecule has 0 atom stereocenters. The zero-order valence-electron chi connectivity index (χ0n) is 11.4. The van der Waals surface area contributed by atoms with Crippen LogP contribution in [0.15, 0.2) is 55.0 Å². The van der Waals surface area contributed by atoms with Crippen molar-refractivity contribution in [3.8, 4) is 0 Å². The third-order valence-electron chi connectivity index (χ3n) is 3.20. The number of nitrogens with zero attached hydrogens (tertiary/aromatic N) is 3. The van der Waals surface area contributed by atoms with Crippen molar-refractivity contribution in [2.75, 3.05) is 0 Å². The summed E-state index contributed by atoms with van der Waals surface area (Å²) >= 11 is 0. The van der Waals surface area contributed by atoms with E-state index in [2.05, 4.69) is 4.98 Å². The van der Waals surface area contributed by atoms with Gasteiger partial charge in [0.1, 0.15) is 0 Å². The van der Waals surface area contributed by atoms with Crippen molar-refractivity contribution in [3.63, 3.8) is 0 Å². The molecule has 0 saturated carbocycles. The number of carbonyl (C=O) groups is 1. The number of aromatic nitrogens is 2. The summed E-state index contributed by atoms with van der Waals surface area (Å²) in [6.07, 6.45) is 4.72. The highest BCUT2D eigenvalue weighted by Crippen LogP contribution is 2.22. The Labute approximate surface area is 124 Å². The molecule has 3 aromatic rings. The first kappa shape index (κ1) is 13.7. The van der Waals surface area contributed by atoms with Gasteiger partial charge >= 0.3 is 5.97 Å². The Morgan fingerprint density at radius 1 is 1.32 bits per heavy atom. The second-order valence-corrected chi connectivity index (χ2v) is 4.59. The molecule has 3 rings (SSSR count). The number of nitro groups is 1. The fourth-order valence-electron chi connectivity index (χ4n) is 2.11. The number of carbonyl (C=O) groups excluding carboxylic acids is 1. The van der Waals surface area contributed by atoms with Crippen LogP contribution in [-0.4, -0.2) is 20.4 Å². The number of non-ortho nitro benzene ring substituents is 1. The smallest absolute Gasteiger partial charge is 0.341 e. The lowest BCUT2D eigenvalue weighted by Gasteiger charge is -2.07. The van der Waals surface area contributed by atoms with Crippen LogP contribution < -0.4 is 0 Å². The molecule has 110 valence electrons. The molecule has 0 fully saturated rings. The average molecular weight is 297 g/mol. The van der Waals surface area contributed by atoms with Crippen molar-refractivity contribution in [3.05, 3.63) is 70.7 Å². The summed E-state index contributed by atoms with van der Waals surface area (Å²) in [5.41, 5.74) is 1.15. The first-order valence-corrected chi connectivity index (χ1v) is 6.45. The Balaban J connectivity index is 1.77. The second-order valence-electron chi connectivity index (χ2n) is 4.59. The molecule has 0 N–H and O–H groups in total. The first-order chi connectivity index (χ1) is 10.6. The summed E-state index contributed by atoms with van der Waals surface area (Å²) in [5.74, 6) is -0.475. The van der Waals surface area contributed by atoms with Crippen LogP contribution in [0.3, 0.4) is 0 Å². The Kier molecular flexibility index (Phi) is 3.53. The fraction of sp³-hybridized carbons (Fsp3) is 0.0667. The minimum Gasteiger partial charge on any atom is -0.440 e. The molecule has 0 bridgehead atoms.